The van der Waals surface area contributed by atoms with Crippen LogP contribution in [0.2, 0.25) is 0 Å². The summed E-state index contributed by atoms with van der Waals surface area (Å²) in [7, 11) is -4.18. The van der Waals surface area contributed by atoms with E-state index >= 15 is 0 Å². The van der Waals surface area contributed by atoms with Crippen LogP contribution in [0, 0.1) is 11.3 Å². The van der Waals surface area contributed by atoms with E-state index in [9.17, 15) is 4.57 Å². The van der Waals surface area contributed by atoms with E-state index in [1.54, 1.807) is 0 Å². The predicted molar refractivity (Wildman–Crippen MR) is 54.2 cm³/mol. The van der Waals surface area contributed by atoms with E-state index in [0.717, 1.165) is 0 Å². The molecule has 7 N–H and O–H groups in total. The van der Waals surface area contributed by atoms with Gasteiger partial charge in [0.2, 0.25) is 5.96 Å². The van der Waals surface area contributed by atoms with Crippen LogP contribution in [-0.2, 0) is 4.57 Å². The normalized spacial score (nSPS) is 17.6. The number of hydrogen-bond acceptors (Lipinski definition) is 2. The zero-order valence-corrected chi connectivity index (χ0v) is 8.90. The smallest absolute Gasteiger partial charge is 0.329 e. The second kappa shape index (κ2) is 4.54. The third kappa shape index (κ3) is 3.87. The minimum atomic E-state index is -4.18. The van der Waals surface area contributed by atoms with E-state index in [0.29, 0.717) is 0 Å². The molecule has 0 fully saturated rings. The Kier molecular flexibility index (Phi) is 4.25. The topological polar surface area (TPSA) is 146 Å². The summed E-state index contributed by atoms with van der Waals surface area (Å²) in [4.78, 5) is 21.1. The number of amidine groups is 1. The molecule has 7 nitrogen and oxygen atoms in total. The maximum atomic E-state index is 10.9. The number of nitrogens with two attached hydrogens (primary N) is 2. The SMILES string of the molecule is CC(C(N)=NC(=N)N)C(C)P(=O)(O)O. The van der Waals surface area contributed by atoms with E-state index in [-0.39, 0.29) is 5.84 Å². The largest absolute Gasteiger partial charge is 0.387 e. The van der Waals surface area contributed by atoms with Crippen LogP contribution in [0.1, 0.15) is 13.8 Å². The Bertz CT molecular complexity index is 297. The number of rotatable bonds is 3. The fourth-order valence-corrected chi connectivity index (χ4v) is 1.51. The van der Waals surface area contributed by atoms with Crippen LogP contribution in [0.4, 0.5) is 0 Å². The summed E-state index contributed by atoms with van der Waals surface area (Å²) in [6, 6.07) is 0. The molecule has 0 aromatic carbocycles. The monoisotopic (exact) mass is 222 g/mol. The van der Waals surface area contributed by atoms with E-state index in [1.807, 2.05) is 0 Å². The Labute approximate surface area is 81.9 Å². The maximum Gasteiger partial charge on any atom is 0.329 e. The summed E-state index contributed by atoms with van der Waals surface area (Å²) < 4.78 is 10.9. The summed E-state index contributed by atoms with van der Waals surface area (Å²) in [5.41, 5.74) is 9.42. The molecule has 0 saturated carbocycles. The minimum absolute atomic E-state index is 0.0478. The molecule has 0 amide bonds. The Balaban J connectivity index is 4.71. The van der Waals surface area contributed by atoms with Gasteiger partial charge in [-0.15, -0.1) is 0 Å². The van der Waals surface area contributed by atoms with Crippen LogP contribution < -0.4 is 11.5 Å². The first kappa shape index (κ1) is 13.1. The Morgan fingerprint density at radius 1 is 1.43 bits per heavy atom. The second-order valence-electron chi connectivity index (χ2n) is 3.04. The molecule has 0 spiro atoms. The lowest BCUT2D eigenvalue weighted by Crippen LogP contribution is -2.31. The highest BCUT2D eigenvalue weighted by Gasteiger charge is 2.31. The molecule has 0 aromatic heterocycles. The van der Waals surface area contributed by atoms with E-state index < -0.39 is 25.1 Å². The summed E-state index contributed by atoms with van der Waals surface area (Å²) >= 11 is 0. The lowest BCUT2D eigenvalue weighted by molar-refractivity contribution is 0.353. The van der Waals surface area contributed by atoms with Crippen molar-refractivity contribution < 1.29 is 14.4 Å². The highest BCUT2D eigenvalue weighted by molar-refractivity contribution is 7.52. The standard InChI is InChI=1S/C6H15N4O3P/c1-3(4(2)14(11,12)13)5(7)10-6(8)9/h3-4H,1-2H3,(H2,11,12,13)(H5,7,8,9,10). The van der Waals surface area contributed by atoms with Gasteiger partial charge in [-0.1, -0.05) is 13.8 Å². The fourth-order valence-electron chi connectivity index (χ4n) is 0.779. The molecule has 0 aliphatic rings. The Hall–Kier alpha value is -0.910. The van der Waals surface area contributed by atoms with E-state index in [1.165, 1.54) is 13.8 Å². The van der Waals surface area contributed by atoms with Crippen LogP contribution >= 0.6 is 7.60 Å². The molecule has 2 unspecified atom stereocenters. The van der Waals surface area contributed by atoms with Gasteiger partial charge >= 0.3 is 7.60 Å². The molecular weight excluding hydrogens is 207 g/mol. The average Bonchev–Trinajstić information content (AvgIpc) is 1.98. The Morgan fingerprint density at radius 2 is 1.86 bits per heavy atom. The van der Waals surface area contributed by atoms with Crippen molar-refractivity contribution in [3.63, 3.8) is 0 Å². The number of nitrogens with zero attached hydrogens (tertiary/aromatic N) is 1. The summed E-state index contributed by atoms with van der Waals surface area (Å²) in [6.45, 7) is 2.89. The maximum absolute atomic E-state index is 10.9. The van der Waals surface area contributed by atoms with Crippen LogP contribution in [0.15, 0.2) is 4.99 Å². The minimum Gasteiger partial charge on any atom is -0.387 e. The number of hydrogen-bond donors (Lipinski definition) is 5. The van der Waals surface area contributed by atoms with Gasteiger partial charge in [-0.3, -0.25) is 9.97 Å². The molecule has 0 rings (SSSR count). The van der Waals surface area contributed by atoms with Gasteiger partial charge in [0.25, 0.3) is 0 Å². The lowest BCUT2D eigenvalue weighted by atomic mass is 10.1. The van der Waals surface area contributed by atoms with Gasteiger partial charge < -0.3 is 21.3 Å². The van der Waals surface area contributed by atoms with Gasteiger partial charge in [-0.05, 0) is 0 Å². The second-order valence-corrected chi connectivity index (χ2v) is 5.03. The molecule has 0 heterocycles. The third-order valence-corrected chi connectivity index (χ3v) is 3.48. The molecule has 0 aromatic rings. The molecule has 0 bridgehead atoms. The molecule has 14 heavy (non-hydrogen) atoms. The third-order valence-electron chi connectivity index (χ3n) is 1.97. The van der Waals surface area contributed by atoms with Crippen molar-refractivity contribution >= 4 is 19.4 Å². The van der Waals surface area contributed by atoms with E-state index in [2.05, 4.69) is 4.99 Å². The fraction of sp³-hybridized carbons (Fsp3) is 0.667. The van der Waals surface area contributed by atoms with Gasteiger partial charge in [0.05, 0.1) is 5.66 Å². The first-order chi connectivity index (χ1) is 6.16. The first-order valence-electron chi connectivity index (χ1n) is 3.89. The highest BCUT2D eigenvalue weighted by atomic mass is 31.2. The van der Waals surface area contributed by atoms with Gasteiger partial charge in [-0.2, -0.15) is 0 Å². The quantitative estimate of drug-likeness (QED) is 0.247. The van der Waals surface area contributed by atoms with Crippen LogP contribution in [0.3, 0.4) is 0 Å². The number of nitrogens with one attached hydrogen (secondary N) is 1. The van der Waals surface area contributed by atoms with Crippen molar-refractivity contribution in [2.75, 3.05) is 0 Å². The molecule has 0 radical (unpaired) electrons. The zero-order valence-electron chi connectivity index (χ0n) is 8.01. The van der Waals surface area contributed by atoms with Crippen LogP contribution in [-0.4, -0.2) is 27.2 Å². The van der Waals surface area contributed by atoms with Gasteiger partial charge in [0.15, 0.2) is 0 Å². The predicted octanol–water partition coefficient (Wildman–Crippen LogP) is -0.561. The van der Waals surface area contributed by atoms with Crippen molar-refractivity contribution in [2.24, 2.45) is 22.4 Å². The van der Waals surface area contributed by atoms with Crippen LogP contribution in [0.5, 0.6) is 0 Å². The van der Waals surface area contributed by atoms with Crippen molar-refractivity contribution in [3.05, 3.63) is 0 Å². The zero-order chi connectivity index (χ0) is 11.5. The Morgan fingerprint density at radius 3 is 2.14 bits per heavy atom. The molecular formula is C6H15N4O3P. The van der Waals surface area contributed by atoms with Gasteiger partial charge in [-0.25, -0.2) is 4.99 Å². The number of guanidine groups is 1. The van der Waals surface area contributed by atoms with Crippen molar-refractivity contribution in [1.82, 2.24) is 0 Å². The van der Waals surface area contributed by atoms with Crippen molar-refractivity contribution in [3.8, 4) is 0 Å². The molecule has 0 aliphatic heterocycles. The highest BCUT2D eigenvalue weighted by Crippen LogP contribution is 2.44. The average molecular weight is 222 g/mol. The summed E-state index contributed by atoms with van der Waals surface area (Å²) in [5, 5.41) is 6.83. The summed E-state index contributed by atoms with van der Waals surface area (Å²) in [5.74, 6) is -1.15. The first-order valence-corrected chi connectivity index (χ1v) is 5.57. The number of aliphatic imine (C=N–C) groups is 1. The summed E-state index contributed by atoms with van der Waals surface area (Å²) in [6.07, 6.45) is 0. The molecule has 8 heteroatoms. The molecule has 0 aliphatic carbocycles. The molecule has 0 saturated heterocycles. The molecule has 2 atom stereocenters. The van der Waals surface area contributed by atoms with Crippen molar-refractivity contribution in [1.29, 1.82) is 5.41 Å². The van der Waals surface area contributed by atoms with E-state index in [4.69, 9.17) is 26.7 Å². The lowest BCUT2D eigenvalue weighted by Gasteiger charge is -2.20. The van der Waals surface area contributed by atoms with Gasteiger partial charge in [0, 0.05) is 5.92 Å². The van der Waals surface area contributed by atoms with Crippen molar-refractivity contribution in [2.45, 2.75) is 19.5 Å². The molecule has 82 valence electrons. The van der Waals surface area contributed by atoms with Gasteiger partial charge in [0.1, 0.15) is 5.84 Å². The van der Waals surface area contributed by atoms with Crippen LogP contribution in [0.25, 0.3) is 0 Å².